The van der Waals surface area contributed by atoms with E-state index in [1.54, 1.807) is 6.07 Å². The Hall–Kier alpha value is -2.76. The molecule has 0 spiro atoms. The Morgan fingerprint density at radius 3 is 2.62 bits per heavy atom. The second kappa shape index (κ2) is 6.13. The smallest absolute Gasteiger partial charge is 0.338 e. The first-order valence-corrected chi connectivity index (χ1v) is 6.19. The van der Waals surface area contributed by atoms with Crippen molar-refractivity contribution in [2.24, 2.45) is 0 Å². The van der Waals surface area contributed by atoms with E-state index in [0.717, 1.165) is 6.07 Å². The molecule has 1 unspecified atom stereocenters. The molecule has 0 aliphatic carbocycles. The highest BCUT2D eigenvalue weighted by molar-refractivity contribution is 5.89. The van der Waals surface area contributed by atoms with Gasteiger partial charge >= 0.3 is 5.97 Å². The van der Waals surface area contributed by atoms with Crippen molar-refractivity contribution in [3.63, 3.8) is 0 Å². The highest BCUT2D eigenvalue weighted by atomic mass is 19.1. The SMILES string of the molecule is CC(OC(=O)c1cccc(F)c1)c1ccccc1[N+](=O)[O-]. The van der Waals surface area contributed by atoms with Crippen LogP contribution < -0.4 is 0 Å². The molecule has 0 aromatic heterocycles. The van der Waals surface area contributed by atoms with Crippen LogP contribution in [0.3, 0.4) is 0 Å². The summed E-state index contributed by atoms with van der Waals surface area (Å²) in [4.78, 5) is 22.3. The molecular formula is C15H12FNO4. The second-order valence-electron chi connectivity index (χ2n) is 4.37. The minimum Gasteiger partial charge on any atom is -0.454 e. The number of halogens is 1. The lowest BCUT2D eigenvalue weighted by Crippen LogP contribution is -2.10. The van der Waals surface area contributed by atoms with Crippen LogP contribution >= 0.6 is 0 Å². The van der Waals surface area contributed by atoms with E-state index in [2.05, 4.69) is 0 Å². The lowest BCUT2D eigenvalue weighted by molar-refractivity contribution is -0.386. The third-order valence-electron chi connectivity index (χ3n) is 2.92. The van der Waals surface area contributed by atoms with Gasteiger partial charge < -0.3 is 4.74 Å². The summed E-state index contributed by atoms with van der Waals surface area (Å²) in [5.41, 5.74) is 0.213. The van der Waals surface area contributed by atoms with Crippen LogP contribution in [0.4, 0.5) is 10.1 Å². The van der Waals surface area contributed by atoms with E-state index in [9.17, 15) is 19.3 Å². The molecule has 0 bridgehead atoms. The van der Waals surface area contributed by atoms with Crippen LogP contribution in [0.25, 0.3) is 0 Å². The maximum Gasteiger partial charge on any atom is 0.338 e. The summed E-state index contributed by atoms with van der Waals surface area (Å²) in [5.74, 6) is -1.29. The van der Waals surface area contributed by atoms with Crippen LogP contribution in [0.1, 0.15) is 28.9 Å². The molecule has 0 saturated carbocycles. The molecule has 1 atom stereocenters. The number of rotatable bonds is 4. The number of hydrogen-bond acceptors (Lipinski definition) is 4. The molecule has 0 amide bonds. The molecule has 2 aromatic carbocycles. The maximum atomic E-state index is 13.1. The third kappa shape index (κ3) is 3.42. The summed E-state index contributed by atoms with van der Waals surface area (Å²) < 4.78 is 18.2. The number of para-hydroxylation sites is 1. The van der Waals surface area contributed by atoms with Gasteiger partial charge in [-0.3, -0.25) is 10.1 Å². The Balaban J connectivity index is 2.20. The summed E-state index contributed by atoms with van der Waals surface area (Å²) in [6, 6.07) is 11.1. The maximum absolute atomic E-state index is 13.1. The topological polar surface area (TPSA) is 69.4 Å². The van der Waals surface area contributed by atoms with E-state index in [-0.39, 0.29) is 16.8 Å². The summed E-state index contributed by atoms with van der Waals surface area (Å²) in [6.45, 7) is 1.53. The monoisotopic (exact) mass is 289 g/mol. The molecule has 108 valence electrons. The first-order valence-electron chi connectivity index (χ1n) is 6.19. The van der Waals surface area contributed by atoms with E-state index < -0.39 is 22.8 Å². The van der Waals surface area contributed by atoms with Crippen LogP contribution in [-0.2, 0) is 4.74 Å². The zero-order valence-corrected chi connectivity index (χ0v) is 11.2. The van der Waals surface area contributed by atoms with Crippen molar-refractivity contribution in [3.05, 3.63) is 75.6 Å². The minimum absolute atomic E-state index is 0.0560. The van der Waals surface area contributed by atoms with Crippen molar-refractivity contribution in [2.75, 3.05) is 0 Å². The average Bonchev–Trinajstić information content (AvgIpc) is 2.47. The Labute approximate surface area is 120 Å². The molecule has 6 heteroatoms. The summed E-state index contributed by atoms with van der Waals surface area (Å²) in [7, 11) is 0. The molecule has 0 radical (unpaired) electrons. The van der Waals surface area contributed by atoms with Gasteiger partial charge in [-0.2, -0.15) is 0 Å². The van der Waals surface area contributed by atoms with Crippen molar-refractivity contribution >= 4 is 11.7 Å². The fourth-order valence-electron chi connectivity index (χ4n) is 1.91. The highest BCUT2D eigenvalue weighted by Gasteiger charge is 2.21. The molecule has 0 aliphatic rings. The van der Waals surface area contributed by atoms with Gasteiger partial charge in [0.1, 0.15) is 11.9 Å². The Morgan fingerprint density at radius 2 is 1.95 bits per heavy atom. The van der Waals surface area contributed by atoms with Gasteiger partial charge in [0, 0.05) is 6.07 Å². The molecule has 0 saturated heterocycles. The van der Waals surface area contributed by atoms with Gasteiger partial charge in [-0.15, -0.1) is 0 Å². The van der Waals surface area contributed by atoms with Gasteiger partial charge in [0.2, 0.25) is 0 Å². The normalized spacial score (nSPS) is 11.7. The molecule has 2 rings (SSSR count). The molecule has 0 fully saturated rings. The van der Waals surface area contributed by atoms with E-state index in [4.69, 9.17) is 4.74 Å². The number of benzene rings is 2. The third-order valence-corrected chi connectivity index (χ3v) is 2.92. The predicted octanol–water partition coefficient (Wildman–Crippen LogP) is 3.65. The standard InChI is InChI=1S/C15H12FNO4/c1-10(13-7-2-3-8-14(13)17(19)20)21-15(18)11-5-4-6-12(16)9-11/h2-10H,1H3. The first kappa shape index (κ1) is 14.6. The molecule has 0 aliphatic heterocycles. The minimum atomic E-state index is -0.817. The summed E-state index contributed by atoms with van der Waals surface area (Å²) in [6.07, 6.45) is -0.817. The molecule has 21 heavy (non-hydrogen) atoms. The molecule has 2 aromatic rings. The van der Waals surface area contributed by atoms with Crippen LogP contribution in [0.2, 0.25) is 0 Å². The second-order valence-corrected chi connectivity index (χ2v) is 4.37. The van der Waals surface area contributed by atoms with Crippen molar-refractivity contribution in [1.82, 2.24) is 0 Å². The fraction of sp³-hybridized carbons (Fsp3) is 0.133. The van der Waals surface area contributed by atoms with Gasteiger partial charge in [0.15, 0.2) is 0 Å². The van der Waals surface area contributed by atoms with Crippen molar-refractivity contribution < 1.29 is 18.8 Å². The molecule has 5 nitrogen and oxygen atoms in total. The Bertz CT molecular complexity index is 687. The molecular weight excluding hydrogens is 277 g/mol. The van der Waals surface area contributed by atoms with Crippen molar-refractivity contribution in [1.29, 1.82) is 0 Å². The Morgan fingerprint density at radius 1 is 1.24 bits per heavy atom. The molecule has 0 heterocycles. The van der Waals surface area contributed by atoms with Crippen LogP contribution in [0, 0.1) is 15.9 Å². The number of carbonyl (C=O) groups excluding carboxylic acids is 1. The van der Waals surface area contributed by atoms with E-state index >= 15 is 0 Å². The fourth-order valence-corrected chi connectivity index (χ4v) is 1.91. The highest BCUT2D eigenvalue weighted by Crippen LogP contribution is 2.27. The first-order chi connectivity index (χ1) is 9.99. The van der Waals surface area contributed by atoms with Crippen molar-refractivity contribution in [2.45, 2.75) is 13.0 Å². The number of nitro groups is 1. The predicted molar refractivity (Wildman–Crippen MR) is 73.3 cm³/mol. The van der Waals surface area contributed by atoms with Gasteiger partial charge in [0.25, 0.3) is 5.69 Å². The quantitative estimate of drug-likeness (QED) is 0.489. The van der Waals surface area contributed by atoms with Gasteiger partial charge in [0.05, 0.1) is 16.1 Å². The number of ether oxygens (including phenoxy) is 1. The lowest BCUT2D eigenvalue weighted by atomic mass is 10.1. The van der Waals surface area contributed by atoms with Crippen LogP contribution in [-0.4, -0.2) is 10.9 Å². The van der Waals surface area contributed by atoms with Crippen LogP contribution in [0.5, 0.6) is 0 Å². The lowest BCUT2D eigenvalue weighted by Gasteiger charge is -2.13. The summed E-state index contributed by atoms with van der Waals surface area (Å²) in [5, 5.41) is 10.9. The zero-order valence-electron chi connectivity index (χ0n) is 11.2. The number of nitrogens with zero attached hydrogens (tertiary/aromatic N) is 1. The largest absolute Gasteiger partial charge is 0.454 e. The van der Waals surface area contributed by atoms with Gasteiger partial charge in [-0.05, 0) is 31.2 Å². The van der Waals surface area contributed by atoms with Crippen molar-refractivity contribution in [3.8, 4) is 0 Å². The zero-order chi connectivity index (χ0) is 15.4. The van der Waals surface area contributed by atoms with E-state index in [1.807, 2.05) is 0 Å². The Kier molecular flexibility index (Phi) is 4.27. The van der Waals surface area contributed by atoms with E-state index in [0.29, 0.717) is 0 Å². The van der Waals surface area contributed by atoms with Crippen LogP contribution in [0.15, 0.2) is 48.5 Å². The molecule has 0 N–H and O–H groups in total. The van der Waals surface area contributed by atoms with Gasteiger partial charge in [-0.25, -0.2) is 9.18 Å². The summed E-state index contributed by atoms with van der Waals surface area (Å²) >= 11 is 0. The van der Waals surface area contributed by atoms with Gasteiger partial charge in [-0.1, -0.05) is 18.2 Å². The van der Waals surface area contributed by atoms with E-state index in [1.165, 1.54) is 43.3 Å². The average molecular weight is 289 g/mol. The number of carbonyl (C=O) groups is 1. The number of esters is 1. The number of hydrogen-bond donors (Lipinski definition) is 0. The number of nitro benzene ring substituents is 1.